The van der Waals surface area contributed by atoms with Gasteiger partial charge in [0.25, 0.3) is 5.56 Å². The third-order valence-electron chi connectivity index (χ3n) is 3.99. The van der Waals surface area contributed by atoms with Gasteiger partial charge in [-0.3, -0.25) is 19.7 Å². The van der Waals surface area contributed by atoms with Gasteiger partial charge in [0, 0.05) is 12.7 Å². The van der Waals surface area contributed by atoms with E-state index >= 15 is 0 Å². The van der Waals surface area contributed by atoms with Gasteiger partial charge in [0.1, 0.15) is 5.39 Å². The minimum absolute atomic E-state index is 0.0509. The van der Waals surface area contributed by atoms with Crippen LogP contribution in [-0.2, 0) is 4.79 Å². The first-order chi connectivity index (χ1) is 11.8. The Morgan fingerprint density at radius 1 is 1.24 bits per heavy atom. The number of nitrogens with one attached hydrogen (secondary N) is 3. The fourth-order valence-electron chi connectivity index (χ4n) is 2.86. The van der Waals surface area contributed by atoms with Crippen LogP contribution in [0.4, 0.5) is 11.6 Å². The fourth-order valence-corrected chi connectivity index (χ4v) is 2.86. The Morgan fingerprint density at radius 2 is 1.92 bits per heavy atom. The maximum atomic E-state index is 12.4. The highest BCUT2D eigenvalue weighted by Crippen LogP contribution is 2.21. The van der Waals surface area contributed by atoms with Gasteiger partial charge in [-0.15, -0.1) is 0 Å². The van der Waals surface area contributed by atoms with Crippen LogP contribution in [0, 0.1) is 20.8 Å². The maximum absolute atomic E-state index is 12.4. The molecule has 3 aromatic rings. The van der Waals surface area contributed by atoms with E-state index < -0.39 is 0 Å². The van der Waals surface area contributed by atoms with Crippen molar-refractivity contribution in [2.75, 3.05) is 23.8 Å². The van der Waals surface area contributed by atoms with Crippen LogP contribution >= 0.6 is 0 Å². The van der Waals surface area contributed by atoms with Gasteiger partial charge in [0.2, 0.25) is 11.9 Å². The maximum Gasteiger partial charge on any atom is 0.263 e. The number of aryl methyl sites for hydroxylation is 3. The van der Waals surface area contributed by atoms with Crippen LogP contribution in [0.2, 0.25) is 0 Å². The van der Waals surface area contributed by atoms with Gasteiger partial charge in [-0.05, 0) is 31.9 Å². The molecule has 0 unspecified atom stereocenters. The summed E-state index contributed by atoms with van der Waals surface area (Å²) in [7, 11) is 1.69. The van der Waals surface area contributed by atoms with Gasteiger partial charge < -0.3 is 10.2 Å². The summed E-state index contributed by atoms with van der Waals surface area (Å²) in [5.41, 5.74) is 4.08. The zero-order valence-electron chi connectivity index (χ0n) is 14.6. The summed E-state index contributed by atoms with van der Waals surface area (Å²) in [6.07, 6.45) is 1.42. The van der Waals surface area contributed by atoms with Crippen LogP contribution in [-0.4, -0.2) is 39.7 Å². The van der Waals surface area contributed by atoms with Crippen LogP contribution in [0.25, 0.3) is 11.0 Å². The molecule has 2 aromatic heterocycles. The molecule has 3 N–H and O–H groups in total. The lowest BCUT2D eigenvalue weighted by atomic mass is 10.1. The zero-order valence-corrected chi connectivity index (χ0v) is 14.6. The summed E-state index contributed by atoms with van der Waals surface area (Å²) in [6.45, 7) is 6.00. The first-order valence-electron chi connectivity index (χ1n) is 7.87. The van der Waals surface area contributed by atoms with Crippen molar-refractivity contribution in [3.63, 3.8) is 0 Å². The largest absolute Gasteiger partial charge is 0.336 e. The van der Waals surface area contributed by atoms with Crippen LogP contribution in [0.15, 0.2) is 23.1 Å². The second kappa shape index (κ2) is 6.39. The summed E-state index contributed by atoms with van der Waals surface area (Å²) in [6, 6.07) is 4.05. The second-order valence-electron chi connectivity index (χ2n) is 6.20. The Balaban J connectivity index is 1.77. The Hall–Kier alpha value is -3.16. The first-order valence-corrected chi connectivity index (χ1v) is 7.87. The van der Waals surface area contributed by atoms with Crippen LogP contribution in [0.3, 0.4) is 0 Å². The molecule has 1 amide bonds. The number of aromatic amines is 2. The Morgan fingerprint density at radius 3 is 2.60 bits per heavy atom. The lowest BCUT2D eigenvalue weighted by Crippen LogP contribution is -2.32. The normalized spacial score (nSPS) is 10.9. The molecule has 0 aliphatic heterocycles. The molecule has 0 aliphatic carbocycles. The van der Waals surface area contributed by atoms with Gasteiger partial charge in [-0.25, -0.2) is 0 Å². The van der Waals surface area contributed by atoms with Crippen molar-refractivity contribution in [1.29, 1.82) is 0 Å². The summed E-state index contributed by atoms with van der Waals surface area (Å²) >= 11 is 0. The number of nitrogens with zero attached hydrogens (tertiary/aromatic N) is 3. The molecule has 0 aliphatic rings. The lowest BCUT2D eigenvalue weighted by Gasteiger charge is -2.18. The molecule has 0 bridgehead atoms. The molecule has 3 rings (SSSR count). The molecule has 8 nitrogen and oxygen atoms in total. The van der Waals surface area contributed by atoms with E-state index in [4.69, 9.17) is 0 Å². The van der Waals surface area contributed by atoms with Gasteiger partial charge >= 0.3 is 0 Å². The van der Waals surface area contributed by atoms with Gasteiger partial charge in [0.05, 0.1) is 12.7 Å². The zero-order chi connectivity index (χ0) is 18.1. The number of amides is 1. The number of carbonyl (C=O) groups is 1. The van der Waals surface area contributed by atoms with Crippen molar-refractivity contribution in [1.82, 2.24) is 20.2 Å². The van der Waals surface area contributed by atoms with E-state index in [0.717, 1.165) is 22.4 Å². The molecule has 1 aromatic carbocycles. The highest BCUT2D eigenvalue weighted by atomic mass is 16.2. The number of likely N-dealkylation sites (N-methyl/N-ethyl adjacent to an activating group) is 1. The van der Waals surface area contributed by atoms with E-state index in [2.05, 4.69) is 25.5 Å². The monoisotopic (exact) mass is 340 g/mol. The van der Waals surface area contributed by atoms with Crippen molar-refractivity contribution in [3.8, 4) is 0 Å². The van der Waals surface area contributed by atoms with E-state index in [0.29, 0.717) is 17.0 Å². The number of fused-ring (bicyclic) bond motifs is 1. The SMILES string of the molecule is Cc1cc(C)c(NC(=O)CN(C)c2nc3[nH]ncc3c(=O)[nH]2)c(C)c1. The number of anilines is 2. The Kier molecular flexibility index (Phi) is 4.26. The number of hydrogen-bond donors (Lipinski definition) is 3. The molecule has 0 fully saturated rings. The molecule has 0 spiro atoms. The molecule has 0 atom stereocenters. The number of aromatic nitrogens is 4. The van der Waals surface area contributed by atoms with E-state index in [9.17, 15) is 9.59 Å². The molecular weight excluding hydrogens is 320 g/mol. The molecule has 8 heteroatoms. The molecule has 2 heterocycles. The van der Waals surface area contributed by atoms with Crippen LogP contribution in [0.1, 0.15) is 16.7 Å². The average molecular weight is 340 g/mol. The molecule has 0 radical (unpaired) electrons. The predicted molar refractivity (Wildman–Crippen MR) is 97.1 cm³/mol. The molecule has 25 heavy (non-hydrogen) atoms. The number of benzene rings is 1. The second-order valence-corrected chi connectivity index (χ2v) is 6.20. The predicted octanol–water partition coefficient (Wildman–Crippen LogP) is 1.65. The van der Waals surface area contributed by atoms with E-state index in [1.807, 2.05) is 32.9 Å². The number of rotatable bonds is 4. The minimum atomic E-state index is -0.300. The molecule has 0 saturated carbocycles. The van der Waals surface area contributed by atoms with Crippen molar-refractivity contribution < 1.29 is 4.79 Å². The van der Waals surface area contributed by atoms with E-state index in [1.165, 1.54) is 6.20 Å². The molecule has 130 valence electrons. The highest BCUT2D eigenvalue weighted by molar-refractivity contribution is 5.95. The average Bonchev–Trinajstić information content (AvgIpc) is 3.00. The van der Waals surface area contributed by atoms with Gasteiger partial charge in [-0.1, -0.05) is 17.7 Å². The van der Waals surface area contributed by atoms with Crippen molar-refractivity contribution in [2.24, 2.45) is 0 Å². The number of hydrogen-bond acceptors (Lipinski definition) is 5. The topological polar surface area (TPSA) is 107 Å². The smallest absolute Gasteiger partial charge is 0.263 e. The molecular formula is C17H20N6O2. The number of H-pyrrole nitrogens is 2. The number of carbonyl (C=O) groups excluding carboxylic acids is 1. The van der Waals surface area contributed by atoms with Gasteiger partial charge in [-0.2, -0.15) is 10.1 Å². The third-order valence-corrected chi connectivity index (χ3v) is 3.99. The van der Waals surface area contributed by atoms with Gasteiger partial charge in [0.15, 0.2) is 5.65 Å². The highest BCUT2D eigenvalue weighted by Gasteiger charge is 2.14. The van der Waals surface area contributed by atoms with Crippen molar-refractivity contribution in [3.05, 3.63) is 45.4 Å². The quantitative estimate of drug-likeness (QED) is 0.669. The van der Waals surface area contributed by atoms with Crippen molar-refractivity contribution >= 4 is 28.6 Å². The third kappa shape index (κ3) is 3.37. The van der Waals surface area contributed by atoms with Crippen LogP contribution in [0.5, 0.6) is 0 Å². The summed E-state index contributed by atoms with van der Waals surface area (Å²) in [5.74, 6) is 0.110. The van der Waals surface area contributed by atoms with E-state index in [-0.39, 0.29) is 18.0 Å². The fraction of sp³-hybridized carbons (Fsp3) is 0.294. The van der Waals surface area contributed by atoms with Crippen LogP contribution < -0.4 is 15.8 Å². The van der Waals surface area contributed by atoms with E-state index in [1.54, 1.807) is 11.9 Å². The minimum Gasteiger partial charge on any atom is -0.336 e. The summed E-state index contributed by atoms with van der Waals surface area (Å²) in [4.78, 5) is 32.9. The van der Waals surface area contributed by atoms with Crippen molar-refractivity contribution in [2.45, 2.75) is 20.8 Å². The standard InChI is InChI=1S/C17H20N6O2/c1-9-5-10(2)14(11(3)6-9)19-13(24)8-23(4)17-20-15-12(7-18-22-15)16(25)21-17/h5-7H,8H2,1-4H3,(H,19,24)(H2,18,20,21,22,25). The Labute approximate surface area is 144 Å². The summed E-state index contributed by atoms with van der Waals surface area (Å²) < 4.78 is 0. The summed E-state index contributed by atoms with van der Waals surface area (Å²) in [5, 5.41) is 9.78. The lowest BCUT2D eigenvalue weighted by molar-refractivity contribution is -0.114. The Bertz CT molecular complexity index is 981. The molecule has 0 saturated heterocycles. The first kappa shape index (κ1) is 16.7.